The van der Waals surface area contributed by atoms with Gasteiger partial charge in [-0.25, -0.2) is 0 Å². The molecule has 0 saturated carbocycles. The van der Waals surface area contributed by atoms with E-state index in [4.69, 9.17) is 5.11 Å². The third kappa shape index (κ3) is 21.2. The molecule has 0 aliphatic rings. The second kappa shape index (κ2) is 20.5. The Bertz CT molecular complexity index is 325. The van der Waals surface area contributed by atoms with Gasteiger partial charge in [-0.3, -0.25) is 4.79 Å². The van der Waals surface area contributed by atoms with Crippen LogP contribution in [0.15, 0.2) is 12.2 Å². The van der Waals surface area contributed by atoms with Gasteiger partial charge in [-0.15, -0.1) is 0 Å². The zero-order valence-corrected chi connectivity index (χ0v) is 17.3. The highest BCUT2D eigenvalue weighted by Gasteiger charge is 2.01. The van der Waals surface area contributed by atoms with E-state index in [-0.39, 0.29) is 6.10 Å². The number of unbranched alkanes of at least 4 members (excludes halogenated alkanes) is 13. The Balaban J connectivity index is 3.25. The molecule has 0 aromatic heterocycles. The molecule has 3 heteroatoms. The molecule has 0 saturated heterocycles. The van der Waals surface area contributed by atoms with Crippen LogP contribution >= 0.6 is 0 Å². The van der Waals surface area contributed by atoms with Gasteiger partial charge >= 0.3 is 5.97 Å². The molecule has 1 unspecified atom stereocenters. The van der Waals surface area contributed by atoms with E-state index in [1.165, 1.54) is 64.2 Å². The van der Waals surface area contributed by atoms with Crippen molar-refractivity contribution in [2.45, 2.75) is 129 Å². The lowest BCUT2D eigenvalue weighted by Gasteiger charge is -2.07. The van der Waals surface area contributed by atoms with Crippen LogP contribution in [-0.4, -0.2) is 22.3 Å². The molecular formula is C23H44O3. The average molecular weight is 369 g/mol. The lowest BCUT2D eigenvalue weighted by atomic mass is 10.0. The van der Waals surface area contributed by atoms with Crippen LogP contribution in [0.1, 0.15) is 122 Å². The summed E-state index contributed by atoms with van der Waals surface area (Å²) in [6.45, 7) is 2.26. The van der Waals surface area contributed by atoms with Crippen LogP contribution in [0.4, 0.5) is 0 Å². The third-order valence-corrected chi connectivity index (χ3v) is 4.98. The molecule has 0 amide bonds. The summed E-state index contributed by atoms with van der Waals surface area (Å²) in [7, 11) is 0. The van der Waals surface area contributed by atoms with E-state index >= 15 is 0 Å². The Morgan fingerprint density at radius 1 is 0.769 bits per heavy atom. The number of aliphatic carboxylic acids is 1. The van der Waals surface area contributed by atoms with E-state index in [1.54, 1.807) is 0 Å². The van der Waals surface area contributed by atoms with Gasteiger partial charge in [0, 0.05) is 6.42 Å². The highest BCUT2D eigenvalue weighted by molar-refractivity contribution is 5.66. The number of hydrogen-bond acceptors (Lipinski definition) is 2. The van der Waals surface area contributed by atoms with Gasteiger partial charge in [0.2, 0.25) is 0 Å². The van der Waals surface area contributed by atoms with Crippen LogP contribution in [0.25, 0.3) is 0 Å². The van der Waals surface area contributed by atoms with Gasteiger partial charge in [0.05, 0.1) is 6.10 Å². The molecule has 3 nitrogen and oxygen atoms in total. The SMILES string of the molecule is CCCCCCCCCC=CCC(O)CCCCCCCCCC(=O)O. The molecule has 0 radical (unpaired) electrons. The smallest absolute Gasteiger partial charge is 0.303 e. The third-order valence-electron chi connectivity index (χ3n) is 4.98. The number of carboxylic acids is 1. The molecule has 0 bridgehead atoms. The van der Waals surface area contributed by atoms with Crippen molar-refractivity contribution in [2.24, 2.45) is 0 Å². The summed E-state index contributed by atoms with van der Waals surface area (Å²) < 4.78 is 0. The van der Waals surface area contributed by atoms with Crippen LogP contribution < -0.4 is 0 Å². The van der Waals surface area contributed by atoms with Gasteiger partial charge < -0.3 is 10.2 Å². The number of allylic oxidation sites excluding steroid dienone is 1. The van der Waals surface area contributed by atoms with Crippen LogP contribution in [0.5, 0.6) is 0 Å². The van der Waals surface area contributed by atoms with Crippen LogP contribution in [0.3, 0.4) is 0 Å². The monoisotopic (exact) mass is 368 g/mol. The van der Waals surface area contributed by atoms with Gasteiger partial charge in [-0.2, -0.15) is 0 Å². The van der Waals surface area contributed by atoms with E-state index in [0.717, 1.165) is 44.9 Å². The predicted molar refractivity (Wildman–Crippen MR) is 112 cm³/mol. The minimum Gasteiger partial charge on any atom is -0.481 e. The normalized spacial score (nSPS) is 12.7. The maximum absolute atomic E-state index is 10.4. The van der Waals surface area contributed by atoms with Crippen molar-refractivity contribution in [3.05, 3.63) is 12.2 Å². The van der Waals surface area contributed by atoms with Crippen molar-refractivity contribution < 1.29 is 15.0 Å². The molecule has 0 rings (SSSR count). The molecule has 0 aliphatic carbocycles. The van der Waals surface area contributed by atoms with Crippen LogP contribution in [0.2, 0.25) is 0 Å². The second-order valence-electron chi connectivity index (χ2n) is 7.68. The topological polar surface area (TPSA) is 57.5 Å². The molecule has 0 aliphatic heterocycles. The van der Waals surface area contributed by atoms with Gasteiger partial charge in [0.1, 0.15) is 0 Å². The largest absolute Gasteiger partial charge is 0.481 e. The van der Waals surface area contributed by atoms with E-state index in [2.05, 4.69) is 19.1 Å². The molecule has 0 aromatic rings. The Hall–Kier alpha value is -0.830. The number of carbonyl (C=O) groups is 1. The summed E-state index contributed by atoms with van der Waals surface area (Å²) in [5, 5.41) is 18.6. The van der Waals surface area contributed by atoms with Crippen molar-refractivity contribution in [3.8, 4) is 0 Å². The molecule has 0 spiro atoms. The van der Waals surface area contributed by atoms with E-state index in [1.807, 2.05) is 0 Å². The molecule has 0 heterocycles. The van der Waals surface area contributed by atoms with E-state index in [0.29, 0.717) is 6.42 Å². The number of carboxylic acid groups (broad SMARTS) is 1. The summed E-state index contributed by atoms with van der Waals surface area (Å²) in [6.07, 6.45) is 24.5. The quantitative estimate of drug-likeness (QED) is 0.179. The standard InChI is InChI=1S/C23H44O3/c1-2-3-4-5-6-7-8-10-13-16-19-22(24)20-17-14-11-9-12-15-18-21-23(25)26/h13,16,22,24H,2-12,14-15,17-21H2,1H3,(H,25,26). The van der Waals surface area contributed by atoms with Gasteiger partial charge in [0.25, 0.3) is 0 Å². The zero-order valence-electron chi connectivity index (χ0n) is 17.3. The van der Waals surface area contributed by atoms with Crippen molar-refractivity contribution >= 4 is 5.97 Å². The zero-order chi connectivity index (χ0) is 19.3. The van der Waals surface area contributed by atoms with Crippen LogP contribution in [-0.2, 0) is 4.79 Å². The highest BCUT2D eigenvalue weighted by atomic mass is 16.4. The van der Waals surface area contributed by atoms with Crippen molar-refractivity contribution in [1.29, 1.82) is 0 Å². The Kier molecular flexibility index (Phi) is 19.8. The predicted octanol–water partition coefficient (Wildman–Crippen LogP) is 7.03. The first kappa shape index (κ1) is 25.2. The van der Waals surface area contributed by atoms with Gasteiger partial charge in [-0.1, -0.05) is 96.1 Å². The maximum Gasteiger partial charge on any atom is 0.303 e. The summed E-state index contributed by atoms with van der Waals surface area (Å²) in [5.74, 6) is -0.685. The van der Waals surface area contributed by atoms with Gasteiger partial charge in [-0.05, 0) is 32.1 Å². The molecule has 2 N–H and O–H groups in total. The first-order valence-electron chi connectivity index (χ1n) is 11.2. The van der Waals surface area contributed by atoms with Gasteiger partial charge in [0.15, 0.2) is 0 Å². The fourth-order valence-corrected chi connectivity index (χ4v) is 3.25. The Labute approximate surface area is 162 Å². The fraction of sp³-hybridized carbons (Fsp3) is 0.870. The molecule has 0 aromatic carbocycles. The Morgan fingerprint density at radius 3 is 1.92 bits per heavy atom. The number of aliphatic hydroxyl groups excluding tert-OH is 1. The van der Waals surface area contributed by atoms with E-state index in [9.17, 15) is 9.90 Å². The highest BCUT2D eigenvalue weighted by Crippen LogP contribution is 2.13. The first-order valence-corrected chi connectivity index (χ1v) is 11.2. The summed E-state index contributed by atoms with van der Waals surface area (Å²) in [6, 6.07) is 0. The lowest BCUT2D eigenvalue weighted by molar-refractivity contribution is -0.137. The second-order valence-corrected chi connectivity index (χ2v) is 7.68. The summed E-state index contributed by atoms with van der Waals surface area (Å²) in [4.78, 5) is 10.4. The summed E-state index contributed by atoms with van der Waals surface area (Å²) in [5.41, 5.74) is 0. The van der Waals surface area contributed by atoms with E-state index < -0.39 is 5.97 Å². The maximum atomic E-state index is 10.4. The van der Waals surface area contributed by atoms with Crippen LogP contribution in [0, 0.1) is 0 Å². The fourth-order valence-electron chi connectivity index (χ4n) is 3.25. The molecular weight excluding hydrogens is 324 g/mol. The number of hydrogen-bond donors (Lipinski definition) is 2. The van der Waals surface area contributed by atoms with Crippen molar-refractivity contribution in [2.75, 3.05) is 0 Å². The molecule has 154 valence electrons. The molecule has 26 heavy (non-hydrogen) atoms. The number of aliphatic hydroxyl groups is 1. The van der Waals surface area contributed by atoms with Crippen molar-refractivity contribution in [3.63, 3.8) is 0 Å². The number of rotatable bonds is 20. The first-order chi connectivity index (χ1) is 12.7. The molecule has 0 fully saturated rings. The summed E-state index contributed by atoms with van der Waals surface area (Å²) >= 11 is 0. The molecule has 1 atom stereocenters. The minimum atomic E-state index is -0.685. The van der Waals surface area contributed by atoms with Crippen molar-refractivity contribution in [1.82, 2.24) is 0 Å². The minimum absolute atomic E-state index is 0.184. The average Bonchev–Trinajstić information content (AvgIpc) is 2.61. The Morgan fingerprint density at radius 2 is 1.31 bits per heavy atom. The lowest BCUT2D eigenvalue weighted by Crippen LogP contribution is -2.04.